The Balaban J connectivity index is 3.28. The number of nitrogen functional groups attached to an aromatic ring is 2. The van der Waals surface area contributed by atoms with Gasteiger partial charge in [-0.05, 0) is 6.07 Å². The molecule has 1 amide bonds. The van der Waals surface area contributed by atoms with Gasteiger partial charge in [-0.1, -0.05) is 0 Å². The van der Waals surface area contributed by atoms with Crippen molar-refractivity contribution in [3.8, 4) is 0 Å². The van der Waals surface area contributed by atoms with Crippen LogP contribution in [0, 0.1) is 11.6 Å². The molecule has 0 radical (unpaired) electrons. The molecule has 0 aliphatic heterocycles. The molecule has 4 nitrogen and oxygen atoms in total. The number of anilines is 1. The highest BCUT2D eigenvalue weighted by atomic mass is 19.1. The molecule has 1 aromatic rings. The highest BCUT2D eigenvalue weighted by molar-refractivity contribution is 5.98. The van der Waals surface area contributed by atoms with E-state index in [9.17, 15) is 13.6 Å². The Kier molecular flexibility index (Phi) is 2.43. The van der Waals surface area contributed by atoms with E-state index >= 15 is 0 Å². The number of hydrogen-bond acceptors (Lipinski definition) is 3. The van der Waals surface area contributed by atoms with Crippen LogP contribution in [-0.2, 0) is 0 Å². The van der Waals surface area contributed by atoms with Crippen LogP contribution in [0.15, 0.2) is 12.1 Å². The molecular weight excluding hydrogens is 180 g/mol. The maximum Gasteiger partial charge on any atom is 0.270 e. The molecule has 0 aliphatic rings. The van der Waals surface area contributed by atoms with Crippen LogP contribution in [0.3, 0.4) is 0 Å². The molecule has 13 heavy (non-hydrogen) atoms. The van der Waals surface area contributed by atoms with Gasteiger partial charge in [-0.3, -0.25) is 10.2 Å². The van der Waals surface area contributed by atoms with E-state index in [1.807, 2.05) is 0 Å². The number of carbonyl (C=O) groups is 1. The monoisotopic (exact) mass is 187 g/mol. The van der Waals surface area contributed by atoms with Gasteiger partial charge in [0.05, 0.1) is 11.3 Å². The molecule has 5 N–H and O–H groups in total. The lowest BCUT2D eigenvalue weighted by atomic mass is 10.1. The van der Waals surface area contributed by atoms with Gasteiger partial charge in [0, 0.05) is 6.07 Å². The summed E-state index contributed by atoms with van der Waals surface area (Å²) in [5.74, 6) is 1.99. The van der Waals surface area contributed by atoms with E-state index in [-0.39, 0.29) is 5.69 Å². The maximum atomic E-state index is 12.9. The third-order valence-electron chi connectivity index (χ3n) is 1.44. The van der Waals surface area contributed by atoms with Gasteiger partial charge in [0.15, 0.2) is 0 Å². The normalized spacial score (nSPS) is 9.77. The van der Waals surface area contributed by atoms with Gasteiger partial charge in [-0.2, -0.15) is 0 Å². The van der Waals surface area contributed by atoms with Crippen molar-refractivity contribution in [1.29, 1.82) is 0 Å². The van der Waals surface area contributed by atoms with E-state index in [1.54, 1.807) is 5.43 Å². The van der Waals surface area contributed by atoms with Crippen LogP contribution in [0.25, 0.3) is 0 Å². The highest BCUT2D eigenvalue weighted by Gasteiger charge is 2.15. The van der Waals surface area contributed by atoms with Crippen molar-refractivity contribution < 1.29 is 13.6 Å². The zero-order chi connectivity index (χ0) is 10.0. The zero-order valence-electron chi connectivity index (χ0n) is 6.47. The lowest BCUT2D eigenvalue weighted by molar-refractivity contribution is 0.0950. The van der Waals surface area contributed by atoms with E-state index < -0.39 is 23.1 Å². The van der Waals surface area contributed by atoms with Crippen LogP contribution in [-0.4, -0.2) is 5.91 Å². The topological polar surface area (TPSA) is 81.1 Å². The van der Waals surface area contributed by atoms with Crippen molar-refractivity contribution in [2.24, 2.45) is 5.84 Å². The molecule has 0 saturated heterocycles. The minimum Gasteiger partial charge on any atom is -0.398 e. The third-order valence-corrected chi connectivity index (χ3v) is 1.44. The third kappa shape index (κ3) is 1.73. The van der Waals surface area contributed by atoms with Gasteiger partial charge in [-0.25, -0.2) is 14.6 Å². The van der Waals surface area contributed by atoms with E-state index in [1.165, 1.54) is 0 Å². The number of carbonyl (C=O) groups excluding carboxylic acids is 1. The summed E-state index contributed by atoms with van der Waals surface area (Å²) in [5.41, 5.74) is 6.16. The Morgan fingerprint density at radius 1 is 1.38 bits per heavy atom. The quantitative estimate of drug-likeness (QED) is 0.253. The largest absolute Gasteiger partial charge is 0.398 e. The number of halogens is 2. The van der Waals surface area contributed by atoms with Crippen LogP contribution in [0.2, 0.25) is 0 Å². The van der Waals surface area contributed by atoms with Crippen molar-refractivity contribution >= 4 is 11.6 Å². The van der Waals surface area contributed by atoms with E-state index in [0.717, 1.165) is 6.07 Å². The van der Waals surface area contributed by atoms with E-state index in [0.29, 0.717) is 6.07 Å². The number of benzene rings is 1. The Labute approximate surface area is 72.5 Å². The van der Waals surface area contributed by atoms with Crippen LogP contribution < -0.4 is 17.0 Å². The predicted octanol–water partition coefficient (Wildman–Crippen LogP) is 0.150. The van der Waals surface area contributed by atoms with Crippen molar-refractivity contribution in [2.45, 2.75) is 0 Å². The highest BCUT2D eigenvalue weighted by Crippen LogP contribution is 2.17. The van der Waals surface area contributed by atoms with Gasteiger partial charge >= 0.3 is 0 Å². The summed E-state index contributed by atoms with van der Waals surface area (Å²) >= 11 is 0. The van der Waals surface area contributed by atoms with Crippen LogP contribution in [0.4, 0.5) is 14.5 Å². The summed E-state index contributed by atoms with van der Waals surface area (Å²) in [6.07, 6.45) is 0. The molecule has 1 rings (SSSR count). The molecule has 0 atom stereocenters. The number of rotatable bonds is 1. The smallest absolute Gasteiger partial charge is 0.270 e. The van der Waals surface area contributed by atoms with E-state index in [2.05, 4.69) is 0 Å². The lowest BCUT2D eigenvalue weighted by Gasteiger charge is -2.04. The summed E-state index contributed by atoms with van der Waals surface area (Å²) in [7, 11) is 0. The number of amides is 1. The summed E-state index contributed by atoms with van der Waals surface area (Å²) in [6.45, 7) is 0. The first-order valence-corrected chi connectivity index (χ1v) is 3.31. The van der Waals surface area contributed by atoms with Crippen molar-refractivity contribution in [3.63, 3.8) is 0 Å². The first-order chi connectivity index (χ1) is 6.06. The second kappa shape index (κ2) is 3.36. The van der Waals surface area contributed by atoms with Crippen LogP contribution >= 0.6 is 0 Å². The Bertz CT molecular complexity index is 331. The van der Waals surface area contributed by atoms with Crippen molar-refractivity contribution in [3.05, 3.63) is 29.3 Å². The molecule has 70 valence electrons. The second-order valence-electron chi connectivity index (χ2n) is 2.33. The summed E-state index contributed by atoms with van der Waals surface area (Å²) in [4.78, 5) is 10.9. The molecule has 0 spiro atoms. The predicted molar refractivity (Wildman–Crippen MR) is 42.4 cm³/mol. The van der Waals surface area contributed by atoms with Gasteiger partial charge < -0.3 is 5.73 Å². The summed E-state index contributed by atoms with van der Waals surface area (Å²) in [5, 5.41) is 0. The fraction of sp³-hybridized carbons (Fsp3) is 0. The average Bonchev–Trinajstić information content (AvgIpc) is 2.02. The number of nitrogens with one attached hydrogen (secondary N) is 1. The first-order valence-electron chi connectivity index (χ1n) is 3.31. The van der Waals surface area contributed by atoms with Crippen molar-refractivity contribution in [1.82, 2.24) is 5.43 Å². The van der Waals surface area contributed by atoms with Crippen LogP contribution in [0.1, 0.15) is 10.4 Å². The number of hydrazine groups is 1. The second-order valence-corrected chi connectivity index (χ2v) is 2.33. The molecule has 0 heterocycles. The molecular formula is C7H7F2N3O. The molecule has 0 saturated carbocycles. The van der Waals surface area contributed by atoms with E-state index in [4.69, 9.17) is 11.6 Å². The molecule has 0 unspecified atom stereocenters. The van der Waals surface area contributed by atoms with Gasteiger partial charge in [-0.15, -0.1) is 0 Å². The molecule has 0 bridgehead atoms. The maximum absolute atomic E-state index is 12.9. The first kappa shape index (κ1) is 9.40. The summed E-state index contributed by atoms with van der Waals surface area (Å²) in [6, 6.07) is 1.40. The van der Waals surface area contributed by atoms with Crippen LogP contribution in [0.5, 0.6) is 0 Å². The minimum absolute atomic E-state index is 0.291. The van der Waals surface area contributed by atoms with Gasteiger partial charge in [0.2, 0.25) is 0 Å². The number of hydrogen-bond donors (Lipinski definition) is 3. The van der Waals surface area contributed by atoms with Gasteiger partial charge in [0.25, 0.3) is 5.91 Å². The SMILES string of the molecule is NNC(=O)c1c(N)cc(F)cc1F. The molecule has 0 aliphatic carbocycles. The average molecular weight is 187 g/mol. The Hall–Kier alpha value is -1.69. The van der Waals surface area contributed by atoms with Crippen molar-refractivity contribution in [2.75, 3.05) is 5.73 Å². The standard InChI is InChI=1S/C7H7F2N3O/c8-3-1-4(9)6(5(10)2-3)7(13)12-11/h1-2H,10-11H2,(H,12,13). The molecule has 6 heteroatoms. The molecule has 1 aromatic carbocycles. The summed E-state index contributed by atoms with van der Waals surface area (Å²) < 4.78 is 25.4. The Morgan fingerprint density at radius 2 is 2.00 bits per heavy atom. The fourth-order valence-corrected chi connectivity index (χ4v) is 0.905. The lowest BCUT2D eigenvalue weighted by Crippen LogP contribution is -2.31. The van der Waals surface area contributed by atoms with Gasteiger partial charge in [0.1, 0.15) is 11.6 Å². The Morgan fingerprint density at radius 3 is 2.46 bits per heavy atom. The number of nitrogens with two attached hydrogens (primary N) is 2. The zero-order valence-corrected chi connectivity index (χ0v) is 6.47. The minimum atomic E-state index is -1.04. The fourth-order valence-electron chi connectivity index (χ4n) is 0.905. The molecule has 0 fully saturated rings. The molecule has 0 aromatic heterocycles.